The van der Waals surface area contributed by atoms with Gasteiger partial charge in [0.15, 0.2) is 17.5 Å². The minimum Gasteiger partial charge on any atom is -0.342 e. The van der Waals surface area contributed by atoms with Crippen LogP contribution in [0.25, 0.3) is 0 Å². The summed E-state index contributed by atoms with van der Waals surface area (Å²) in [6.45, 7) is 3.24. The Morgan fingerprint density at radius 1 is 1.24 bits per heavy atom. The van der Waals surface area contributed by atoms with Gasteiger partial charge in [-0.2, -0.15) is 0 Å². The molecule has 1 unspecified atom stereocenters. The van der Waals surface area contributed by atoms with Crippen molar-refractivity contribution in [3.63, 3.8) is 0 Å². The maximum atomic E-state index is 13.3. The molecule has 1 aromatic carbocycles. The third-order valence-corrected chi connectivity index (χ3v) is 3.68. The number of nitrogens with zero attached hydrogens (tertiary/aromatic N) is 1. The summed E-state index contributed by atoms with van der Waals surface area (Å²) in [4.78, 5) is 25.3. The lowest BCUT2D eigenvalue weighted by atomic mass is 9.97. The predicted octanol–water partition coefficient (Wildman–Crippen LogP) is 2.13. The molecule has 0 spiro atoms. The Labute approximate surface area is 119 Å². The number of benzene rings is 1. The number of anilines is 1. The van der Waals surface area contributed by atoms with Gasteiger partial charge in [0.05, 0.1) is 0 Å². The van der Waals surface area contributed by atoms with Gasteiger partial charge < -0.3 is 10.2 Å². The van der Waals surface area contributed by atoms with E-state index in [0.717, 1.165) is 17.0 Å². The van der Waals surface area contributed by atoms with Crippen LogP contribution in [0.4, 0.5) is 18.9 Å². The molecule has 1 aliphatic heterocycles. The molecule has 0 radical (unpaired) electrons. The second kappa shape index (κ2) is 5.38. The topological polar surface area (TPSA) is 49.4 Å². The number of amides is 2. The van der Waals surface area contributed by atoms with E-state index in [2.05, 4.69) is 5.32 Å². The Morgan fingerprint density at radius 3 is 2.33 bits per heavy atom. The van der Waals surface area contributed by atoms with Crippen LogP contribution < -0.4 is 10.2 Å². The number of carbonyl (C=O) groups excluding carboxylic acids is 2. The molecular weight excluding hydrogens is 285 g/mol. The summed E-state index contributed by atoms with van der Waals surface area (Å²) in [5, 5.41) is 2.60. The van der Waals surface area contributed by atoms with Crippen molar-refractivity contribution in [1.82, 2.24) is 5.32 Å². The van der Waals surface area contributed by atoms with Gasteiger partial charge in [0, 0.05) is 30.8 Å². The third-order valence-electron chi connectivity index (χ3n) is 3.68. The van der Waals surface area contributed by atoms with Crippen LogP contribution in [0, 0.1) is 17.5 Å². The highest BCUT2D eigenvalue weighted by atomic mass is 19.2. The van der Waals surface area contributed by atoms with Gasteiger partial charge in [-0.3, -0.25) is 9.59 Å². The summed E-state index contributed by atoms with van der Waals surface area (Å²) in [7, 11) is 0. The predicted molar refractivity (Wildman–Crippen MR) is 70.1 cm³/mol. The molecular formula is C14H15F3N2O2. The smallest absolute Gasteiger partial charge is 0.252 e. The summed E-state index contributed by atoms with van der Waals surface area (Å²) in [5.74, 6) is -5.15. The second-order valence-electron chi connectivity index (χ2n) is 5.16. The van der Waals surface area contributed by atoms with Gasteiger partial charge in [0.25, 0.3) is 5.91 Å². The van der Waals surface area contributed by atoms with Crippen LogP contribution in [0.2, 0.25) is 0 Å². The van der Waals surface area contributed by atoms with E-state index in [-0.39, 0.29) is 24.6 Å². The maximum absolute atomic E-state index is 13.3. The number of hydrogen-bond acceptors (Lipinski definition) is 2. The third kappa shape index (κ3) is 2.72. The Morgan fingerprint density at radius 2 is 1.81 bits per heavy atom. The molecule has 0 aromatic heterocycles. The Hall–Kier alpha value is -2.05. The molecule has 7 heteroatoms. The fourth-order valence-electron chi connectivity index (χ4n) is 2.22. The standard InChI is InChI=1S/C14H15F3N2O2/c1-3-14(2)13(21)19(5-4-11(20)18-14)8-6-9(15)12(17)10(16)7-8/h6-7H,3-5H2,1-2H3,(H,18,20). The average Bonchev–Trinajstić information content (AvgIpc) is 2.54. The summed E-state index contributed by atoms with van der Waals surface area (Å²) in [6.07, 6.45) is 0.322. The van der Waals surface area contributed by atoms with Gasteiger partial charge in [-0.25, -0.2) is 13.2 Å². The quantitative estimate of drug-likeness (QED) is 0.851. The largest absolute Gasteiger partial charge is 0.342 e. The van der Waals surface area contributed by atoms with Crippen LogP contribution in [0.15, 0.2) is 12.1 Å². The summed E-state index contributed by atoms with van der Waals surface area (Å²) < 4.78 is 39.7. The second-order valence-corrected chi connectivity index (χ2v) is 5.16. The summed E-state index contributed by atoms with van der Waals surface area (Å²) in [5.41, 5.74) is -1.26. The highest BCUT2D eigenvalue weighted by molar-refractivity contribution is 6.03. The first-order chi connectivity index (χ1) is 9.78. The van der Waals surface area contributed by atoms with Gasteiger partial charge in [-0.05, 0) is 13.3 Å². The fraction of sp³-hybridized carbons (Fsp3) is 0.429. The van der Waals surface area contributed by atoms with Crippen molar-refractivity contribution in [2.45, 2.75) is 32.2 Å². The molecule has 1 saturated heterocycles. The fourth-order valence-corrected chi connectivity index (χ4v) is 2.22. The van der Waals surface area contributed by atoms with Crippen LogP contribution in [0.5, 0.6) is 0 Å². The van der Waals surface area contributed by atoms with Crippen LogP contribution in [0.3, 0.4) is 0 Å². The van der Waals surface area contributed by atoms with E-state index in [1.807, 2.05) is 0 Å². The van der Waals surface area contributed by atoms with E-state index in [4.69, 9.17) is 0 Å². The first-order valence-corrected chi connectivity index (χ1v) is 6.56. The van der Waals surface area contributed by atoms with Crippen molar-refractivity contribution in [3.8, 4) is 0 Å². The minimum absolute atomic E-state index is 0.00193. The van der Waals surface area contributed by atoms with Crippen molar-refractivity contribution in [2.75, 3.05) is 11.4 Å². The van der Waals surface area contributed by atoms with Gasteiger partial charge >= 0.3 is 0 Å². The molecule has 1 N–H and O–H groups in total. The van der Waals surface area contributed by atoms with E-state index in [1.165, 1.54) is 0 Å². The van der Waals surface area contributed by atoms with Crippen molar-refractivity contribution in [1.29, 1.82) is 0 Å². The van der Waals surface area contributed by atoms with Gasteiger partial charge in [0.1, 0.15) is 5.54 Å². The van der Waals surface area contributed by atoms with E-state index < -0.39 is 28.9 Å². The van der Waals surface area contributed by atoms with Crippen molar-refractivity contribution in [3.05, 3.63) is 29.6 Å². The van der Waals surface area contributed by atoms with Gasteiger partial charge in [0.2, 0.25) is 5.91 Å². The van der Waals surface area contributed by atoms with Crippen molar-refractivity contribution in [2.24, 2.45) is 0 Å². The monoisotopic (exact) mass is 300 g/mol. The SMILES string of the molecule is CCC1(C)NC(=O)CCN(c2cc(F)c(F)c(F)c2)C1=O. The normalized spacial score (nSPS) is 23.0. The van der Waals surface area contributed by atoms with Crippen molar-refractivity contribution >= 4 is 17.5 Å². The van der Waals surface area contributed by atoms with Crippen LogP contribution in [-0.2, 0) is 9.59 Å². The lowest BCUT2D eigenvalue weighted by Crippen LogP contribution is -2.54. The molecule has 2 rings (SSSR count). The number of halogens is 3. The van der Waals surface area contributed by atoms with Crippen molar-refractivity contribution < 1.29 is 22.8 Å². The van der Waals surface area contributed by atoms with Crippen LogP contribution in [-0.4, -0.2) is 23.9 Å². The molecule has 1 atom stereocenters. The van der Waals surface area contributed by atoms with E-state index in [9.17, 15) is 22.8 Å². The molecule has 0 aliphatic carbocycles. The zero-order valence-electron chi connectivity index (χ0n) is 11.7. The molecule has 2 amide bonds. The molecule has 4 nitrogen and oxygen atoms in total. The van der Waals surface area contributed by atoms with Gasteiger partial charge in [-0.15, -0.1) is 0 Å². The number of nitrogens with one attached hydrogen (secondary N) is 1. The number of hydrogen-bond donors (Lipinski definition) is 1. The van der Waals surface area contributed by atoms with Gasteiger partial charge in [-0.1, -0.05) is 6.92 Å². The molecule has 0 saturated carbocycles. The first kappa shape index (κ1) is 15.3. The highest BCUT2D eigenvalue weighted by Crippen LogP contribution is 2.26. The Kier molecular flexibility index (Phi) is 3.93. The molecule has 114 valence electrons. The van der Waals surface area contributed by atoms with E-state index >= 15 is 0 Å². The number of rotatable bonds is 2. The Bertz CT molecular complexity index is 583. The van der Waals surface area contributed by atoms with E-state index in [0.29, 0.717) is 6.42 Å². The number of carbonyl (C=O) groups is 2. The summed E-state index contributed by atoms with van der Waals surface area (Å²) in [6, 6.07) is 1.50. The molecule has 1 aliphatic rings. The molecule has 1 aromatic rings. The lowest BCUT2D eigenvalue weighted by molar-refractivity contribution is -0.129. The average molecular weight is 300 g/mol. The van der Waals surface area contributed by atoms with Crippen LogP contribution in [0.1, 0.15) is 26.7 Å². The minimum atomic E-state index is -1.59. The van der Waals surface area contributed by atoms with E-state index in [1.54, 1.807) is 13.8 Å². The highest BCUT2D eigenvalue weighted by Gasteiger charge is 2.40. The summed E-state index contributed by atoms with van der Waals surface area (Å²) >= 11 is 0. The molecule has 21 heavy (non-hydrogen) atoms. The Balaban J connectivity index is 2.47. The molecule has 0 bridgehead atoms. The molecule has 1 heterocycles. The lowest BCUT2D eigenvalue weighted by Gasteiger charge is -2.31. The zero-order chi connectivity index (χ0) is 15.8. The molecule has 1 fully saturated rings. The zero-order valence-corrected chi connectivity index (χ0v) is 11.7. The maximum Gasteiger partial charge on any atom is 0.252 e. The van der Waals surface area contributed by atoms with Crippen LogP contribution >= 0.6 is 0 Å². The first-order valence-electron chi connectivity index (χ1n) is 6.56.